The summed E-state index contributed by atoms with van der Waals surface area (Å²) in [5, 5.41) is 0. The average Bonchev–Trinajstić information content (AvgIpc) is 3.15. The molecule has 0 aliphatic carbocycles. The molecule has 7 heteroatoms. The number of nitrogens with zero attached hydrogens (tertiary/aromatic N) is 2. The summed E-state index contributed by atoms with van der Waals surface area (Å²) in [5.41, 5.74) is 1.34. The standard InChI is InChI=1S/C20H30N2O4S/c1-27(24,25)22(15-19-8-5-13-26-19)16-20(23)21-11-9-18(10-12-21)14-17-6-3-2-4-7-17/h2-4,6-7,18-19H,5,8-16H2,1H3. The van der Waals surface area contributed by atoms with Gasteiger partial charge in [-0.2, -0.15) is 4.31 Å². The zero-order valence-electron chi connectivity index (χ0n) is 16.0. The van der Waals surface area contributed by atoms with Crippen molar-refractivity contribution in [3.63, 3.8) is 0 Å². The number of piperidine rings is 1. The predicted molar refractivity (Wildman–Crippen MR) is 105 cm³/mol. The lowest BCUT2D eigenvalue weighted by Gasteiger charge is -2.33. The molecule has 0 radical (unpaired) electrons. The van der Waals surface area contributed by atoms with Gasteiger partial charge >= 0.3 is 0 Å². The first kappa shape index (κ1) is 20.3. The highest BCUT2D eigenvalue weighted by Crippen LogP contribution is 2.22. The van der Waals surface area contributed by atoms with Gasteiger partial charge in [-0.05, 0) is 43.6 Å². The Morgan fingerprint density at radius 3 is 2.48 bits per heavy atom. The van der Waals surface area contributed by atoms with E-state index in [1.807, 2.05) is 11.0 Å². The Balaban J connectivity index is 1.50. The molecule has 0 saturated carbocycles. The van der Waals surface area contributed by atoms with E-state index in [0.29, 0.717) is 25.6 Å². The zero-order valence-corrected chi connectivity index (χ0v) is 16.9. The maximum atomic E-state index is 12.7. The van der Waals surface area contributed by atoms with Gasteiger partial charge in [0.2, 0.25) is 15.9 Å². The highest BCUT2D eigenvalue weighted by molar-refractivity contribution is 7.88. The number of carbonyl (C=O) groups excluding carboxylic acids is 1. The lowest BCUT2D eigenvalue weighted by Crippen LogP contribution is -2.47. The van der Waals surface area contributed by atoms with Crippen LogP contribution in [0.25, 0.3) is 0 Å². The summed E-state index contributed by atoms with van der Waals surface area (Å²) >= 11 is 0. The number of rotatable bonds is 7. The van der Waals surface area contributed by atoms with Gasteiger partial charge in [0, 0.05) is 26.2 Å². The zero-order chi connectivity index (χ0) is 19.3. The maximum absolute atomic E-state index is 12.7. The molecule has 0 aromatic heterocycles. The fraction of sp³-hybridized carbons (Fsp3) is 0.650. The number of sulfonamides is 1. The van der Waals surface area contributed by atoms with Crippen LogP contribution in [0.5, 0.6) is 0 Å². The van der Waals surface area contributed by atoms with Crippen LogP contribution in [-0.2, 0) is 26.0 Å². The topological polar surface area (TPSA) is 66.9 Å². The molecular formula is C20H30N2O4S. The molecule has 2 saturated heterocycles. The van der Waals surface area contributed by atoms with Crippen molar-refractivity contribution in [1.29, 1.82) is 0 Å². The molecule has 1 aromatic carbocycles. The summed E-state index contributed by atoms with van der Waals surface area (Å²) in [6.07, 6.45) is 5.84. The van der Waals surface area contributed by atoms with Crippen molar-refractivity contribution in [3.05, 3.63) is 35.9 Å². The smallest absolute Gasteiger partial charge is 0.237 e. The summed E-state index contributed by atoms with van der Waals surface area (Å²) < 4.78 is 31.0. The van der Waals surface area contributed by atoms with Gasteiger partial charge in [0.25, 0.3) is 0 Å². The van der Waals surface area contributed by atoms with E-state index in [2.05, 4.69) is 24.3 Å². The number of hydrogen-bond donors (Lipinski definition) is 0. The van der Waals surface area contributed by atoms with E-state index in [0.717, 1.165) is 32.1 Å². The summed E-state index contributed by atoms with van der Waals surface area (Å²) in [5.74, 6) is 0.478. The van der Waals surface area contributed by atoms with Crippen molar-refractivity contribution in [2.45, 2.75) is 38.2 Å². The largest absolute Gasteiger partial charge is 0.377 e. The molecule has 1 aromatic rings. The van der Waals surface area contributed by atoms with Gasteiger partial charge in [0.15, 0.2) is 0 Å². The van der Waals surface area contributed by atoms with E-state index >= 15 is 0 Å². The molecule has 1 amide bonds. The van der Waals surface area contributed by atoms with Crippen LogP contribution < -0.4 is 0 Å². The minimum atomic E-state index is -3.43. The number of ether oxygens (including phenoxy) is 1. The highest BCUT2D eigenvalue weighted by Gasteiger charge is 2.29. The Bertz CT molecular complexity index is 709. The molecule has 1 atom stereocenters. The van der Waals surface area contributed by atoms with Crippen LogP contribution in [0.3, 0.4) is 0 Å². The van der Waals surface area contributed by atoms with Crippen LogP contribution in [0, 0.1) is 5.92 Å². The fourth-order valence-corrected chi connectivity index (χ4v) is 4.70. The second-order valence-electron chi connectivity index (χ2n) is 7.70. The van der Waals surface area contributed by atoms with Gasteiger partial charge in [-0.15, -0.1) is 0 Å². The molecule has 0 spiro atoms. The molecule has 2 fully saturated rings. The van der Waals surface area contributed by atoms with E-state index in [1.54, 1.807) is 0 Å². The van der Waals surface area contributed by atoms with Crippen LogP contribution in [0.2, 0.25) is 0 Å². The Kier molecular flexibility index (Phi) is 6.89. The first-order valence-electron chi connectivity index (χ1n) is 9.80. The summed E-state index contributed by atoms with van der Waals surface area (Å²) in [6, 6.07) is 10.4. The minimum Gasteiger partial charge on any atom is -0.377 e. The maximum Gasteiger partial charge on any atom is 0.237 e. The molecule has 6 nitrogen and oxygen atoms in total. The molecular weight excluding hydrogens is 364 g/mol. The van der Waals surface area contributed by atoms with Gasteiger partial charge in [0.1, 0.15) is 0 Å². The molecule has 0 bridgehead atoms. The number of carbonyl (C=O) groups is 1. The summed E-state index contributed by atoms with van der Waals surface area (Å²) in [6.45, 7) is 2.27. The first-order valence-corrected chi connectivity index (χ1v) is 11.6. The average molecular weight is 395 g/mol. The molecule has 27 heavy (non-hydrogen) atoms. The number of benzene rings is 1. The van der Waals surface area contributed by atoms with Crippen molar-refractivity contribution >= 4 is 15.9 Å². The van der Waals surface area contributed by atoms with E-state index in [1.165, 1.54) is 16.1 Å². The molecule has 2 heterocycles. The van der Waals surface area contributed by atoms with Crippen LogP contribution in [0.1, 0.15) is 31.2 Å². The second kappa shape index (κ2) is 9.17. The molecule has 2 aliphatic rings. The Morgan fingerprint density at radius 1 is 1.19 bits per heavy atom. The SMILES string of the molecule is CS(=O)(=O)N(CC(=O)N1CCC(Cc2ccccc2)CC1)CC1CCCO1. The van der Waals surface area contributed by atoms with Crippen LogP contribution in [-0.4, -0.2) is 68.7 Å². The Hall–Kier alpha value is -1.44. The van der Waals surface area contributed by atoms with Crippen molar-refractivity contribution < 1.29 is 17.9 Å². The molecule has 150 valence electrons. The van der Waals surface area contributed by atoms with Gasteiger partial charge in [-0.1, -0.05) is 30.3 Å². The van der Waals surface area contributed by atoms with Gasteiger partial charge < -0.3 is 9.64 Å². The Labute approximate surface area is 162 Å². The number of likely N-dealkylation sites (tertiary alicyclic amines) is 1. The predicted octanol–water partition coefficient (Wildman–Crippen LogP) is 1.91. The van der Waals surface area contributed by atoms with Crippen LogP contribution >= 0.6 is 0 Å². The third-order valence-corrected chi connectivity index (χ3v) is 6.76. The normalized spacial score (nSPS) is 21.7. The summed E-state index contributed by atoms with van der Waals surface area (Å²) in [7, 11) is -3.43. The molecule has 1 unspecified atom stereocenters. The lowest BCUT2D eigenvalue weighted by atomic mass is 9.90. The second-order valence-corrected chi connectivity index (χ2v) is 9.69. The van der Waals surface area contributed by atoms with Crippen molar-refractivity contribution in [2.75, 3.05) is 39.0 Å². The quantitative estimate of drug-likeness (QED) is 0.709. The van der Waals surface area contributed by atoms with E-state index < -0.39 is 10.0 Å². The van der Waals surface area contributed by atoms with Crippen molar-refractivity contribution in [1.82, 2.24) is 9.21 Å². The van der Waals surface area contributed by atoms with E-state index in [4.69, 9.17) is 4.74 Å². The van der Waals surface area contributed by atoms with Gasteiger partial charge in [-0.25, -0.2) is 8.42 Å². The molecule has 2 aliphatic heterocycles. The van der Waals surface area contributed by atoms with Gasteiger partial charge in [0.05, 0.1) is 18.9 Å². The Morgan fingerprint density at radius 2 is 1.89 bits per heavy atom. The number of hydrogen-bond acceptors (Lipinski definition) is 4. The molecule has 0 N–H and O–H groups in total. The molecule has 3 rings (SSSR count). The minimum absolute atomic E-state index is 0.0813. The van der Waals surface area contributed by atoms with E-state index in [-0.39, 0.29) is 25.1 Å². The van der Waals surface area contributed by atoms with E-state index in [9.17, 15) is 13.2 Å². The lowest BCUT2D eigenvalue weighted by molar-refractivity contribution is -0.133. The number of amides is 1. The highest BCUT2D eigenvalue weighted by atomic mass is 32.2. The van der Waals surface area contributed by atoms with Crippen LogP contribution in [0.4, 0.5) is 0 Å². The van der Waals surface area contributed by atoms with Crippen LogP contribution in [0.15, 0.2) is 30.3 Å². The monoisotopic (exact) mass is 394 g/mol. The third-order valence-electron chi connectivity index (χ3n) is 5.55. The van der Waals surface area contributed by atoms with Crippen molar-refractivity contribution in [3.8, 4) is 0 Å². The van der Waals surface area contributed by atoms with Crippen molar-refractivity contribution in [2.24, 2.45) is 5.92 Å². The summed E-state index contributed by atoms with van der Waals surface area (Å²) in [4.78, 5) is 14.5. The fourth-order valence-electron chi connectivity index (χ4n) is 3.92. The first-order chi connectivity index (χ1) is 12.9. The van der Waals surface area contributed by atoms with Gasteiger partial charge in [-0.3, -0.25) is 4.79 Å². The third kappa shape index (κ3) is 6.02.